The van der Waals surface area contributed by atoms with Crippen LogP contribution in [0.25, 0.3) is 0 Å². The maximum Gasteiger partial charge on any atom is 0.0946 e. The zero-order valence-electron chi connectivity index (χ0n) is 9.75. The van der Waals surface area contributed by atoms with Crippen molar-refractivity contribution in [2.75, 3.05) is 0 Å². The van der Waals surface area contributed by atoms with Gasteiger partial charge in [-0.1, -0.05) is 40.2 Å². The molecule has 1 heteroatoms. The second-order valence-electron chi connectivity index (χ2n) is 4.78. The van der Waals surface area contributed by atoms with Crippen LogP contribution in [0, 0.1) is 35.0 Å². The summed E-state index contributed by atoms with van der Waals surface area (Å²) in [5.41, 5.74) is 1.01. The molecule has 0 bridgehead atoms. The summed E-state index contributed by atoms with van der Waals surface area (Å²) in [7, 11) is 0. The summed E-state index contributed by atoms with van der Waals surface area (Å²) >= 11 is 0. The molecule has 4 unspecified atom stereocenters. The van der Waals surface area contributed by atoms with Crippen LogP contribution in [0.2, 0.25) is 0 Å². The number of hydrogen-bond acceptors (Lipinski definition) is 1. The Morgan fingerprint density at radius 1 is 1.57 bits per heavy atom. The van der Waals surface area contributed by atoms with Gasteiger partial charge in [0.15, 0.2) is 0 Å². The highest BCUT2D eigenvalue weighted by atomic mass is 14.3. The summed E-state index contributed by atoms with van der Waals surface area (Å²) in [5.74, 6) is 2.46. The molecule has 1 rings (SSSR count). The van der Waals surface area contributed by atoms with Gasteiger partial charge in [0.1, 0.15) is 0 Å². The molecule has 0 aromatic heterocycles. The summed E-state index contributed by atoms with van der Waals surface area (Å²) < 4.78 is 0. The molecule has 0 saturated heterocycles. The molecule has 14 heavy (non-hydrogen) atoms. The van der Waals surface area contributed by atoms with Crippen molar-refractivity contribution >= 4 is 0 Å². The Kier molecular flexibility index (Phi) is 3.75. The normalized spacial score (nSPS) is 34.5. The molecular weight excluding hydrogens is 170 g/mol. The van der Waals surface area contributed by atoms with Gasteiger partial charge in [0.05, 0.1) is 6.07 Å². The maximum atomic E-state index is 9.03. The molecule has 0 fully saturated rings. The van der Waals surface area contributed by atoms with E-state index in [2.05, 4.69) is 39.8 Å². The fourth-order valence-electron chi connectivity index (χ4n) is 2.23. The largest absolute Gasteiger partial charge is 0.193 e. The lowest BCUT2D eigenvalue weighted by atomic mass is 9.72. The van der Waals surface area contributed by atoms with E-state index in [1.54, 1.807) is 0 Å². The number of rotatable bonds is 2. The molecule has 4 atom stereocenters. The molecule has 0 aromatic carbocycles. The first-order valence-electron chi connectivity index (χ1n) is 5.71. The molecule has 0 heterocycles. The number of allylic oxidation sites excluding steroid dienone is 2. The minimum atomic E-state index is 0.459. The van der Waals surface area contributed by atoms with Crippen LogP contribution in [0.4, 0.5) is 0 Å². The van der Waals surface area contributed by atoms with E-state index in [0.717, 1.165) is 5.57 Å². The topological polar surface area (TPSA) is 23.8 Å². The Balaban J connectivity index is 2.83. The predicted octanol–water partition coefficient (Wildman–Crippen LogP) is 3.77. The van der Waals surface area contributed by atoms with Crippen molar-refractivity contribution in [3.8, 4) is 6.07 Å². The molecule has 1 aliphatic carbocycles. The second-order valence-corrected chi connectivity index (χ2v) is 4.78. The van der Waals surface area contributed by atoms with Gasteiger partial charge < -0.3 is 0 Å². The average molecular weight is 191 g/mol. The molecule has 0 N–H and O–H groups in total. The molecule has 0 aliphatic heterocycles. The van der Waals surface area contributed by atoms with Crippen molar-refractivity contribution in [1.82, 2.24) is 0 Å². The van der Waals surface area contributed by atoms with Crippen molar-refractivity contribution in [2.24, 2.45) is 23.7 Å². The second kappa shape index (κ2) is 4.64. The first-order chi connectivity index (χ1) is 6.60. The Hall–Kier alpha value is -0.770. The van der Waals surface area contributed by atoms with Crippen molar-refractivity contribution in [2.45, 2.75) is 40.5 Å². The summed E-state index contributed by atoms with van der Waals surface area (Å²) in [6, 6.07) is 2.35. The Morgan fingerprint density at radius 3 is 2.71 bits per heavy atom. The summed E-state index contributed by atoms with van der Waals surface area (Å²) in [4.78, 5) is 0. The van der Waals surface area contributed by atoms with Crippen LogP contribution in [0.15, 0.2) is 11.6 Å². The first-order valence-corrected chi connectivity index (χ1v) is 5.71. The Morgan fingerprint density at radius 2 is 2.21 bits per heavy atom. The van der Waals surface area contributed by atoms with Gasteiger partial charge in [-0.25, -0.2) is 0 Å². The highest BCUT2D eigenvalue weighted by Crippen LogP contribution is 2.36. The van der Waals surface area contributed by atoms with Gasteiger partial charge in [-0.3, -0.25) is 0 Å². The molecule has 0 amide bonds. The Bertz CT molecular complexity index is 259. The summed E-state index contributed by atoms with van der Waals surface area (Å²) in [6.07, 6.45) is 4.68. The maximum absolute atomic E-state index is 9.03. The molecule has 1 nitrogen and oxygen atoms in total. The zero-order chi connectivity index (χ0) is 10.7. The molecule has 0 radical (unpaired) electrons. The van der Waals surface area contributed by atoms with E-state index in [1.807, 2.05) is 0 Å². The highest BCUT2D eigenvalue weighted by molar-refractivity contribution is 5.27. The van der Waals surface area contributed by atoms with E-state index in [9.17, 15) is 0 Å². The van der Waals surface area contributed by atoms with E-state index in [4.69, 9.17) is 5.26 Å². The van der Waals surface area contributed by atoms with Gasteiger partial charge in [-0.05, 0) is 30.1 Å². The standard InChI is InChI=1S/C13H21N/c1-5-9(2)12-6-10(3)11(4)13(7-12)8-14/h7,9-12H,5-6H2,1-4H3. The van der Waals surface area contributed by atoms with Crippen molar-refractivity contribution in [3.05, 3.63) is 11.6 Å². The summed E-state index contributed by atoms with van der Waals surface area (Å²) in [6.45, 7) is 8.96. The van der Waals surface area contributed by atoms with Gasteiger partial charge in [-0.15, -0.1) is 0 Å². The van der Waals surface area contributed by atoms with E-state index < -0.39 is 0 Å². The van der Waals surface area contributed by atoms with Crippen LogP contribution >= 0.6 is 0 Å². The van der Waals surface area contributed by atoms with Crippen LogP contribution in [0.5, 0.6) is 0 Å². The third-order valence-corrected chi connectivity index (χ3v) is 3.89. The third kappa shape index (κ3) is 2.18. The smallest absolute Gasteiger partial charge is 0.0946 e. The zero-order valence-corrected chi connectivity index (χ0v) is 9.75. The SMILES string of the molecule is CCC(C)C1C=C(C#N)C(C)C(C)C1. The number of hydrogen-bond donors (Lipinski definition) is 0. The van der Waals surface area contributed by atoms with Crippen molar-refractivity contribution in [1.29, 1.82) is 5.26 Å². The lowest BCUT2D eigenvalue weighted by molar-refractivity contribution is 0.279. The van der Waals surface area contributed by atoms with Gasteiger partial charge >= 0.3 is 0 Å². The lowest BCUT2D eigenvalue weighted by Gasteiger charge is -2.32. The molecule has 1 aliphatic rings. The fraction of sp³-hybridized carbons (Fsp3) is 0.769. The number of nitriles is 1. The summed E-state index contributed by atoms with van der Waals surface area (Å²) in [5, 5.41) is 9.03. The van der Waals surface area contributed by atoms with E-state index in [-0.39, 0.29) is 0 Å². The number of nitrogens with zero attached hydrogens (tertiary/aromatic N) is 1. The average Bonchev–Trinajstić information content (AvgIpc) is 2.20. The molecule has 0 spiro atoms. The fourth-order valence-corrected chi connectivity index (χ4v) is 2.23. The molecular formula is C13H21N. The van der Waals surface area contributed by atoms with Gasteiger partial charge in [0, 0.05) is 5.57 Å². The molecule has 0 aromatic rings. The van der Waals surface area contributed by atoms with E-state index in [0.29, 0.717) is 23.7 Å². The van der Waals surface area contributed by atoms with Gasteiger partial charge in [0.2, 0.25) is 0 Å². The van der Waals surface area contributed by atoms with Crippen LogP contribution in [0.3, 0.4) is 0 Å². The third-order valence-electron chi connectivity index (χ3n) is 3.89. The minimum absolute atomic E-state index is 0.459. The molecule has 78 valence electrons. The molecule has 0 saturated carbocycles. The van der Waals surface area contributed by atoms with E-state index in [1.165, 1.54) is 12.8 Å². The lowest BCUT2D eigenvalue weighted by Crippen LogP contribution is -2.23. The quantitative estimate of drug-likeness (QED) is 0.651. The van der Waals surface area contributed by atoms with Crippen LogP contribution in [-0.2, 0) is 0 Å². The first kappa shape index (κ1) is 11.3. The van der Waals surface area contributed by atoms with Crippen molar-refractivity contribution in [3.63, 3.8) is 0 Å². The highest BCUT2D eigenvalue weighted by Gasteiger charge is 2.28. The van der Waals surface area contributed by atoms with Gasteiger partial charge in [0.25, 0.3) is 0 Å². The predicted molar refractivity (Wildman–Crippen MR) is 59.6 cm³/mol. The van der Waals surface area contributed by atoms with Crippen molar-refractivity contribution < 1.29 is 0 Å². The minimum Gasteiger partial charge on any atom is -0.193 e. The van der Waals surface area contributed by atoms with E-state index >= 15 is 0 Å². The Labute approximate surface area is 87.8 Å². The van der Waals surface area contributed by atoms with Crippen LogP contribution < -0.4 is 0 Å². The van der Waals surface area contributed by atoms with Crippen LogP contribution in [0.1, 0.15) is 40.5 Å². The van der Waals surface area contributed by atoms with Gasteiger partial charge in [-0.2, -0.15) is 5.26 Å². The monoisotopic (exact) mass is 191 g/mol. The van der Waals surface area contributed by atoms with Crippen LogP contribution in [-0.4, -0.2) is 0 Å².